The lowest BCUT2D eigenvalue weighted by Crippen LogP contribution is -2.66. The number of fused-ring (bicyclic) bond motifs is 14. The number of carboxylic acid groups (broad SMARTS) is 1. The molecule has 3 aliphatic heterocycles. The molecule has 0 radical (unpaired) electrons. The third-order valence-electron chi connectivity index (χ3n) is 6.68. The molecule has 0 spiro atoms. The summed E-state index contributed by atoms with van der Waals surface area (Å²) in [6.45, 7) is -0.929. The molecule has 0 aromatic heterocycles. The minimum Gasteiger partial charge on any atom is -0.481 e. The minimum atomic E-state index is -1.55. The molecule has 0 unspecified atom stereocenters. The van der Waals surface area contributed by atoms with Crippen LogP contribution in [0, 0.1) is 0 Å². The highest BCUT2D eigenvalue weighted by molar-refractivity contribution is 6.00. The quantitative estimate of drug-likeness (QED) is 0.0619. The average Bonchev–Trinajstić information content (AvgIpc) is 2.95. The Morgan fingerprint density at radius 1 is 0.907 bits per heavy atom. The van der Waals surface area contributed by atoms with Crippen LogP contribution >= 0.6 is 0 Å². The third-order valence-corrected chi connectivity index (χ3v) is 6.68. The lowest BCUT2D eigenvalue weighted by molar-refractivity contribution is -0.151. The highest BCUT2D eigenvalue weighted by Crippen LogP contribution is 2.18. The molecule has 1 aromatic carbocycles. The Morgan fingerprint density at radius 3 is 2.26 bits per heavy atom. The summed E-state index contributed by atoms with van der Waals surface area (Å²) in [5.41, 5.74) is 11.3. The Kier molecular flexibility index (Phi) is 11.4. The zero-order valence-electron chi connectivity index (χ0n) is 23.2. The lowest BCUT2D eigenvalue weighted by Gasteiger charge is -2.39. The zero-order valence-corrected chi connectivity index (χ0v) is 23.2. The summed E-state index contributed by atoms with van der Waals surface area (Å²) >= 11 is 0. The van der Waals surface area contributed by atoms with Crippen LogP contribution in [-0.4, -0.2) is 101 Å². The Morgan fingerprint density at radius 2 is 1.58 bits per heavy atom. The Labute approximate surface area is 246 Å². The van der Waals surface area contributed by atoms with Crippen molar-refractivity contribution in [3.05, 3.63) is 35.9 Å². The fourth-order valence-electron chi connectivity index (χ4n) is 4.58. The van der Waals surface area contributed by atoms with Gasteiger partial charge in [-0.3, -0.25) is 38.6 Å². The number of carbonyl (C=O) groups excluding carboxylic acids is 6. The predicted octanol–water partition coefficient (Wildman–Crippen LogP) is -3.98. The number of benzene rings is 1. The molecular weight excluding hydrogens is 566 g/mol. The number of guanidine groups is 1. The Hall–Kier alpha value is -5.22. The molecule has 17 nitrogen and oxygen atoms in total. The van der Waals surface area contributed by atoms with Crippen molar-refractivity contribution in [3.63, 3.8) is 0 Å². The van der Waals surface area contributed by atoms with Gasteiger partial charge in [0, 0.05) is 19.6 Å². The summed E-state index contributed by atoms with van der Waals surface area (Å²) in [4.78, 5) is 94.7. The van der Waals surface area contributed by atoms with Crippen LogP contribution < -0.4 is 38.1 Å². The van der Waals surface area contributed by atoms with E-state index in [4.69, 9.17) is 11.5 Å². The Bertz CT molecular complexity index is 1270. The first-order chi connectivity index (χ1) is 20.4. The first kappa shape index (κ1) is 32.3. The Balaban J connectivity index is 1.93. The summed E-state index contributed by atoms with van der Waals surface area (Å²) in [5, 5.41) is 21.3. The van der Waals surface area contributed by atoms with E-state index >= 15 is 0 Å². The smallest absolute Gasteiger partial charge is 0.305 e. The van der Waals surface area contributed by atoms with Gasteiger partial charge in [-0.05, 0) is 18.4 Å². The first-order valence-corrected chi connectivity index (χ1v) is 13.5. The van der Waals surface area contributed by atoms with E-state index in [9.17, 15) is 38.7 Å². The van der Waals surface area contributed by atoms with Crippen LogP contribution in [-0.2, 0) is 40.1 Å². The van der Waals surface area contributed by atoms with E-state index in [1.54, 1.807) is 30.3 Å². The number of rotatable bonds is 8. The van der Waals surface area contributed by atoms with Crippen LogP contribution in [0.2, 0.25) is 0 Å². The van der Waals surface area contributed by atoms with Gasteiger partial charge in [-0.2, -0.15) is 0 Å². The predicted molar refractivity (Wildman–Crippen MR) is 149 cm³/mol. The van der Waals surface area contributed by atoms with Crippen LogP contribution in [0.4, 0.5) is 0 Å². The first-order valence-electron chi connectivity index (χ1n) is 13.5. The average molecular weight is 602 g/mol. The van der Waals surface area contributed by atoms with Crippen molar-refractivity contribution < 1.29 is 38.7 Å². The van der Waals surface area contributed by atoms with Gasteiger partial charge in [0.1, 0.15) is 24.2 Å². The molecule has 4 atom stereocenters. The maximum absolute atomic E-state index is 13.5. The molecule has 1 aromatic rings. The van der Waals surface area contributed by atoms with E-state index in [1.165, 1.54) is 4.90 Å². The molecule has 3 fully saturated rings. The number of carboxylic acids is 1. The van der Waals surface area contributed by atoms with Gasteiger partial charge in [-0.1, -0.05) is 30.3 Å². The molecule has 0 saturated carbocycles. The third kappa shape index (κ3) is 9.68. The second-order valence-electron chi connectivity index (χ2n) is 9.98. The standard InChI is InChI=1S/C26H35N9O8/c27-26(28)29-8-4-7-15-22(40)31-12-20(37)33-16(9-21(38)39)23(41)30-11-17-25(43)35(13-14-5-2-1-3-6-14)18(24(42)34-17)10-19(36)32-15/h1-3,5-6,15-18H,4,7-13H2,(H,30,41)(H,31,40)(H,32,36)(H,33,37)(H,34,42)(H,38,39)(H4,27,28,29)/t15-,16-,17-,18+/m0/s1. The number of nitrogens with zero attached hydrogens (tertiary/aromatic N) is 2. The maximum Gasteiger partial charge on any atom is 0.305 e. The van der Waals surface area contributed by atoms with E-state index in [0.717, 1.165) is 0 Å². The fourth-order valence-corrected chi connectivity index (χ4v) is 4.58. The van der Waals surface area contributed by atoms with E-state index in [1.807, 2.05) is 0 Å². The van der Waals surface area contributed by atoms with Gasteiger partial charge in [-0.15, -0.1) is 0 Å². The van der Waals surface area contributed by atoms with Crippen molar-refractivity contribution in [2.24, 2.45) is 16.5 Å². The molecule has 43 heavy (non-hydrogen) atoms. The van der Waals surface area contributed by atoms with Crippen LogP contribution in [0.3, 0.4) is 0 Å². The topological polar surface area (TPSA) is 268 Å². The van der Waals surface area contributed by atoms with Crippen LogP contribution in [0.25, 0.3) is 0 Å². The molecule has 6 amide bonds. The van der Waals surface area contributed by atoms with Crippen molar-refractivity contribution in [1.29, 1.82) is 0 Å². The molecule has 4 rings (SSSR count). The molecule has 17 heteroatoms. The van der Waals surface area contributed by atoms with E-state index in [2.05, 4.69) is 31.6 Å². The second-order valence-corrected chi connectivity index (χ2v) is 9.98. The summed E-state index contributed by atoms with van der Waals surface area (Å²) in [6, 6.07) is 3.52. The van der Waals surface area contributed by atoms with Crippen LogP contribution in [0.5, 0.6) is 0 Å². The number of amides is 6. The molecule has 232 valence electrons. The van der Waals surface area contributed by atoms with Gasteiger partial charge in [0.05, 0.1) is 19.4 Å². The van der Waals surface area contributed by atoms with Gasteiger partial charge < -0.3 is 48.1 Å². The van der Waals surface area contributed by atoms with Gasteiger partial charge >= 0.3 is 5.97 Å². The van der Waals surface area contributed by atoms with Gasteiger partial charge in [0.15, 0.2) is 5.96 Å². The number of hydrogen-bond donors (Lipinski definition) is 8. The second kappa shape index (κ2) is 15.1. The van der Waals surface area contributed by atoms with Crippen molar-refractivity contribution in [1.82, 2.24) is 31.5 Å². The maximum atomic E-state index is 13.5. The minimum absolute atomic E-state index is 0.0321. The number of aliphatic carboxylic acids is 1. The van der Waals surface area contributed by atoms with E-state index in [-0.39, 0.29) is 31.9 Å². The largest absolute Gasteiger partial charge is 0.481 e. The number of nitrogens with two attached hydrogens (primary N) is 2. The SMILES string of the molecule is NC(N)=NCCC[C@@H]1NC(=O)C[C@@H]2C(=O)N[C@@H](CNC(=O)[C@H](CC(=O)O)NC(=O)CNC1=O)C(=O)N2Cc1ccccc1. The van der Waals surface area contributed by atoms with Crippen molar-refractivity contribution >= 4 is 47.4 Å². The highest BCUT2D eigenvalue weighted by Gasteiger charge is 2.42. The van der Waals surface area contributed by atoms with Gasteiger partial charge in [-0.25, -0.2) is 0 Å². The summed E-state index contributed by atoms with van der Waals surface area (Å²) in [6.07, 6.45) is -0.969. The molecule has 3 aliphatic rings. The van der Waals surface area contributed by atoms with Crippen molar-refractivity contribution in [2.75, 3.05) is 19.6 Å². The molecule has 3 heterocycles. The van der Waals surface area contributed by atoms with Crippen molar-refractivity contribution in [3.8, 4) is 0 Å². The zero-order chi connectivity index (χ0) is 31.5. The number of hydrogen-bond acceptors (Lipinski definition) is 8. The molecule has 0 aliphatic carbocycles. The normalized spacial score (nSPS) is 23.7. The summed E-state index contributed by atoms with van der Waals surface area (Å²) < 4.78 is 0. The molecule has 10 N–H and O–H groups in total. The fraction of sp³-hybridized carbons (Fsp3) is 0.462. The van der Waals surface area contributed by atoms with Gasteiger partial charge in [0.25, 0.3) is 0 Å². The number of carbonyl (C=O) groups is 7. The lowest BCUT2D eigenvalue weighted by atomic mass is 10.0. The van der Waals surface area contributed by atoms with Crippen molar-refractivity contribution in [2.45, 2.75) is 56.4 Å². The van der Waals surface area contributed by atoms with Crippen LogP contribution in [0.15, 0.2) is 35.3 Å². The number of aliphatic imine (C=N–C) groups is 1. The molecule has 3 saturated heterocycles. The highest BCUT2D eigenvalue weighted by atomic mass is 16.4. The number of nitrogens with one attached hydrogen (secondary N) is 5. The summed E-state index contributed by atoms with van der Waals surface area (Å²) in [5.74, 6) is -6.09. The van der Waals surface area contributed by atoms with E-state index in [0.29, 0.717) is 5.56 Å². The summed E-state index contributed by atoms with van der Waals surface area (Å²) in [7, 11) is 0. The monoisotopic (exact) mass is 601 g/mol. The van der Waals surface area contributed by atoms with E-state index < -0.39 is 91.5 Å². The number of piperazine rings is 1. The molecular formula is C26H35N9O8. The van der Waals surface area contributed by atoms with Crippen LogP contribution in [0.1, 0.15) is 31.2 Å². The van der Waals surface area contributed by atoms with Gasteiger partial charge in [0.2, 0.25) is 35.4 Å². The molecule has 2 bridgehead atoms.